The van der Waals surface area contributed by atoms with Crippen molar-refractivity contribution < 1.29 is 13.2 Å². The average Bonchev–Trinajstić information content (AvgIpc) is 3.29. The Kier molecular flexibility index (Phi) is 5.51. The van der Waals surface area contributed by atoms with Crippen LogP contribution in [0.5, 0.6) is 0 Å². The summed E-state index contributed by atoms with van der Waals surface area (Å²) in [6.07, 6.45) is 5.11. The topological polar surface area (TPSA) is 71.4 Å². The van der Waals surface area contributed by atoms with Gasteiger partial charge in [-0.3, -0.25) is 4.79 Å². The Hall–Kier alpha value is -2.90. The first-order chi connectivity index (χ1) is 14.0. The van der Waals surface area contributed by atoms with Crippen molar-refractivity contribution in [1.82, 2.24) is 14.2 Å². The van der Waals surface area contributed by atoms with E-state index in [1.165, 1.54) is 0 Å². The molecule has 1 aliphatic rings. The zero-order chi connectivity index (χ0) is 20.3. The molecule has 1 aromatic heterocycles. The molecule has 3 aromatic rings. The number of likely N-dealkylation sites (tertiary alicyclic amines) is 1. The molecule has 0 atom stereocenters. The molecule has 0 saturated carbocycles. The van der Waals surface area contributed by atoms with Crippen LogP contribution in [0.15, 0.2) is 84.0 Å². The van der Waals surface area contributed by atoms with Crippen molar-refractivity contribution in [2.24, 2.45) is 0 Å². The molecule has 0 bridgehead atoms. The molecule has 1 fully saturated rings. The number of piperidine rings is 1. The van der Waals surface area contributed by atoms with Crippen LogP contribution in [-0.2, 0) is 10.0 Å². The molecular formula is C22H23N3O3S. The van der Waals surface area contributed by atoms with Gasteiger partial charge in [0.15, 0.2) is 0 Å². The van der Waals surface area contributed by atoms with Gasteiger partial charge in [-0.2, -0.15) is 0 Å². The molecule has 6 nitrogen and oxygen atoms in total. The first kappa shape index (κ1) is 19.4. The number of rotatable bonds is 5. The normalized spacial score (nSPS) is 15.4. The fourth-order valence-corrected chi connectivity index (χ4v) is 4.88. The number of nitrogens with one attached hydrogen (secondary N) is 1. The Morgan fingerprint density at radius 3 is 2.10 bits per heavy atom. The van der Waals surface area contributed by atoms with E-state index in [1.807, 2.05) is 53.4 Å². The molecule has 1 aliphatic heterocycles. The van der Waals surface area contributed by atoms with Crippen LogP contribution in [0.1, 0.15) is 23.2 Å². The highest BCUT2D eigenvalue weighted by atomic mass is 32.2. The predicted molar refractivity (Wildman–Crippen MR) is 111 cm³/mol. The fourth-order valence-electron chi connectivity index (χ4n) is 3.55. The van der Waals surface area contributed by atoms with Crippen LogP contribution in [0.4, 0.5) is 0 Å². The lowest BCUT2D eigenvalue weighted by Crippen LogP contribution is -2.46. The number of carbonyl (C=O) groups excluding carboxylic acids is 1. The van der Waals surface area contributed by atoms with Crippen LogP contribution in [0.3, 0.4) is 0 Å². The van der Waals surface area contributed by atoms with E-state index >= 15 is 0 Å². The smallest absolute Gasteiger partial charge is 0.253 e. The van der Waals surface area contributed by atoms with Gasteiger partial charge in [-0.25, -0.2) is 13.1 Å². The maximum atomic E-state index is 12.8. The lowest BCUT2D eigenvalue weighted by molar-refractivity contribution is 0.0711. The van der Waals surface area contributed by atoms with Crippen LogP contribution >= 0.6 is 0 Å². The summed E-state index contributed by atoms with van der Waals surface area (Å²) in [6.45, 7) is 1.06. The Bertz CT molecular complexity index is 1050. The number of aromatic nitrogens is 1. The zero-order valence-electron chi connectivity index (χ0n) is 15.9. The molecule has 0 unspecified atom stereocenters. The molecule has 29 heavy (non-hydrogen) atoms. The summed E-state index contributed by atoms with van der Waals surface area (Å²) in [7, 11) is -3.53. The average molecular weight is 410 g/mol. The van der Waals surface area contributed by atoms with Gasteiger partial charge in [0.05, 0.1) is 4.90 Å². The van der Waals surface area contributed by atoms with Crippen molar-refractivity contribution in [2.75, 3.05) is 13.1 Å². The lowest BCUT2D eigenvalue weighted by Gasteiger charge is -2.32. The first-order valence-corrected chi connectivity index (χ1v) is 11.1. The molecule has 7 heteroatoms. The summed E-state index contributed by atoms with van der Waals surface area (Å²) in [5, 5.41) is 0. The van der Waals surface area contributed by atoms with E-state index in [1.54, 1.807) is 35.2 Å². The van der Waals surface area contributed by atoms with Gasteiger partial charge in [0.25, 0.3) is 5.91 Å². The van der Waals surface area contributed by atoms with Crippen LogP contribution in [-0.4, -0.2) is 42.9 Å². The molecule has 1 saturated heterocycles. The largest absolute Gasteiger partial charge is 0.339 e. The molecule has 0 radical (unpaired) electrons. The van der Waals surface area contributed by atoms with Gasteiger partial charge in [0.2, 0.25) is 10.0 Å². The third-order valence-electron chi connectivity index (χ3n) is 5.17. The third-order valence-corrected chi connectivity index (χ3v) is 6.71. The number of benzene rings is 2. The van der Waals surface area contributed by atoms with Crippen molar-refractivity contribution in [3.63, 3.8) is 0 Å². The Morgan fingerprint density at radius 1 is 0.862 bits per heavy atom. The molecule has 1 amide bonds. The number of sulfonamides is 1. The van der Waals surface area contributed by atoms with Gasteiger partial charge in [-0.05, 0) is 61.4 Å². The van der Waals surface area contributed by atoms with Gasteiger partial charge in [0, 0.05) is 42.8 Å². The van der Waals surface area contributed by atoms with Gasteiger partial charge in [0.1, 0.15) is 0 Å². The van der Waals surface area contributed by atoms with Crippen molar-refractivity contribution in [3.8, 4) is 5.69 Å². The monoisotopic (exact) mass is 409 g/mol. The van der Waals surface area contributed by atoms with Gasteiger partial charge in [-0.15, -0.1) is 0 Å². The SMILES string of the molecule is O=C(c1ccc(-n2cccc2)cc1)N1CCC(NS(=O)(=O)c2ccccc2)CC1. The minimum Gasteiger partial charge on any atom is -0.339 e. The predicted octanol–water partition coefficient (Wildman–Crippen LogP) is 3.06. The number of hydrogen-bond acceptors (Lipinski definition) is 3. The molecule has 150 valence electrons. The fraction of sp³-hybridized carbons (Fsp3) is 0.227. The molecule has 4 rings (SSSR count). The highest BCUT2D eigenvalue weighted by Gasteiger charge is 2.27. The number of nitrogens with zero attached hydrogens (tertiary/aromatic N) is 2. The second kappa shape index (κ2) is 8.23. The quantitative estimate of drug-likeness (QED) is 0.704. The molecule has 2 aromatic carbocycles. The summed E-state index contributed by atoms with van der Waals surface area (Å²) >= 11 is 0. The van der Waals surface area contributed by atoms with Crippen molar-refractivity contribution >= 4 is 15.9 Å². The molecule has 0 aliphatic carbocycles. The highest BCUT2D eigenvalue weighted by Crippen LogP contribution is 2.18. The van der Waals surface area contributed by atoms with E-state index in [-0.39, 0.29) is 16.8 Å². The van der Waals surface area contributed by atoms with Crippen LogP contribution in [0, 0.1) is 0 Å². The lowest BCUT2D eigenvalue weighted by atomic mass is 10.0. The molecule has 0 spiro atoms. The number of hydrogen-bond donors (Lipinski definition) is 1. The maximum absolute atomic E-state index is 12.8. The van der Waals surface area contributed by atoms with E-state index < -0.39 is 10.0 Å². The second-order valence-electron chi connectivity index (χ2n) is 7.14. The van der Waals surface area contributed by atoms with Crippen molar-refractivity contribution in [2.45, 2.75) is 23.8 Å². The Morgan fingerprint density at radius 2 is 1.48 bits per heavy atom. The van der Waals surface area contributed by atoms with E-state index in [0.717, 1.165) is 5.69 Å². The van der Waals surface area contributed by atoms with E-state index in [2.05, 4.69) is 4.72 Å². The minimum atomic E-state index is -3.53. The summed E-state index contributed by atoms with van der Waals surface area (Å²) < 4.78 is 29.7. The zero-order valence-corrected chi connectivity index (χ0v) is 16.8. The van der Waals surface area contributed by atoms with E-state index in [0.29, 0.717) is 31.5 Å². The summed E-state index contributed by atoms with van der Waals surface area (Å²) in [4.78, 5) is 14.8. The molecular weight excluding hydrogens is 386 g/mol. The van der Waals surface area contributed by atoms with E-state index in [4.69, 9.17) is 0 Å². The summed E-state index contributed by atoms with van der Waals surface area (Å²) in [5.41, 5.74) is 1.64. The Balaban J connectivity index is 1.35. The number of amides is 1. The summed E-state index contributed by atoms with van der Waals surface area (Å²) in [5.74, 6) is -0.0200. The third kappa shape index (κ3) is 4.41. The standard InChI is InChI=1S/C22H23N3O3S/c26-22(18-8-10-20(11-9-18)24-14-4-5-15-24)25-16-12-19(13-17-25)23-29(27,28)21-6-2-1-3-7-21/h1-11,14-15,19,23H,12-13,16-17H2. The van der Waals surface area contributed by atoms with Crippen LogP contribution < -0.4 is 4.72 Å². The van der Waals surface area contributed by atoms with Crippen molar-refractivity contribution in [1.29, 1.82) is 0 Å². The van der Waals surface area contributed by atoms with Gasteiger partial charge in [-0.1, -0.05) is 18.2 Å². The summed E-state index contributed by atoms with van der Waals surface area (Å²) in [6, 6.07) is 19.6. The van der Waals surface area contributed by atoms with Crippen LogP contribution in [0.25, 0.3) is 5.69 Å². The van der Waals surface area contributed by atoms with E-state index in [9.17, 15) is 13.2 Å². The Labute approximate surface area is 170 Å². The maximum Gasteiger partial charge on any atom is 0.253 e. The van der Waals surface area contributed by atoms with Gasteiger partial charge < -0.3 is 9.47 Å². The van der Waals surface area contributed by atoms with Gasteiger partial charge >= 0.3 is 0 Å². The minimum absolute atomic E-state index is 0.0200. The molecule has 2 heterocycles. The number of carbonyl (C=O) groups is 1. The highest BCUT2D eigenvalue weighted by molar-refractivity contribution is 7.89. The first-order valence-electron chi connectivity index (χ1n) is 9.63. The second-order valence-corrected chi connectivity index (χ2v) is 8.85. The van der Waals surface area contributed by atoms with Crippen LogP contribution in [0.2, 0.25) is 0 Å². The molecule has 1 N–H and O–H groups in total. The van der Waals surface area contributed by atoms with Crippen molar-refractivity contribution in [3.05, 3.63) is 84.7 Å².